The topological polar surface area (TPSA) is 108 Å². The van der Waals surface area contributed by atoms with E-state index in [0.717, 1.165) is 18.4 Å². The first-order valence-corrected chi connectivity index (χ1v) is 11.1. The van der Waals surface area contributed by atoms with Crippen molar-refractivity contribution in [2.45, 2.75) is 64.7 Å². The molecular weight excluding hydrogens is 398 g/mol. The maximum atomic E-state index is 12.8. The summed E-state index contributed by atoms with van der Waals surface area (Å²) in [5, 5.41) is 34.4. The van der Waals surface area contributed by atoms with Crippen LogP contribution in [0.5, 0.6) is 11.5 Å². The zero-order chi connectivity index (χ0) is 22.8. The Morgan fingerprint density at radius 3 is 2.48 bits per heavy atom. The van der Waals surface area contributed by atoms with Gasteiger partial charge in [0, 0.05) is 18.4 Å². The van der Waals surface area contributed by atoms with E-state index >= 15 is 0 Å². The van der Waals surface area contributed by atoms with E-state index in [4.69, 9.17) is 9.47 Å². The first kappa shape index (κ1) is 23.8. The summed E-state index contributed by atoms with van der Waals surface area (Å²) in [7, 11) is 3.15. The molecule has 0 heterocycles. The fourth-order valence-corrected chi connectivity index (χ4v) is 6.07. The number of carbonyl (C=O) groups is 1. The van der Waals surface area contributed by atoms with Gasteiger partial charge < -0.3 is 30.1 Å². The molecule has 3 rings (SSSR count). The molecule has 0 saturated heterocycles. The quantitative estimate of drug-likeness (QED) is 0.523. The van der Waals surface area contributed by atoms with E-state index in [1.54, 1.807) is 20.3 Å². The number of benzene rings is 1. The van der Waals surface area contributed by atoms with Gasteiger partial charge in [0.2, 0.25) is 5.91 Å². The highest BCUT2D eigenvalue weighted by Crippen LogP contribution is 2.60. The maximum absolute atomic E-state index is 12.8. The predicted molar refractivity (Wildman–Crippen MR) is 117 cm³/mol. The Morgan fingerprint density at radius 2 is 1.84 bits per heavy atom. The molecule has 31 heavy (non-hydrogen) atoms. The molecule has 2 aliphatic rings. The van der Waals surface area contributed by atoms with Crippen LogP contribution in [0.3, 0.4) is 0 Å². The second-order valence-corrected chi connectivity index (χ2v) is 9.70. The summed E-state index contributed by atoms with van der Waals surface area (Å²) in [6.45, 7) is 4.32. The average molecular weight is 436 g/mol. The lowest BCUT2D eigenvalue weighted by atomic mass is 9.46. The molecular formula is C24H37NO6. The number of aliphatic hydroxyl groups is 3. The second kappa shape index (κ2) is 9.35. The standard InChI is InChI=1S/C24H37NO6/c1-23-10-9-21(28)24(2,14-26)20(23)8-6-17(27)16(23)12-22(29)25-13-15-5-7-18(30-3)19(11-15)31-4/h5,7,11,16-17,20-21,26-28H,6,8-10,12-14H2,1-4H3,(H,25,29)/t16-,17-,20?,21-,23+,24+/m1/s1. The summed E-state index contributed by atoms with van der Waals surface area (Å²) in [4.78, 5) is 12.8. The lowest BCUT2D eigenvalue weighted by Crippen LogP contribution is -2.60. The first-order valence-electron chi connectivity index (χ1n) is 11.1. The van der Waals surface area contributed by atoms with E-state index in [0.29, 0.717) is 30.9 Å². The Bertz CT molecular complexity index is 785. The molecule has 7 nitrogen and oxygen atoms in total. The van der Waals surface area contributed by atoms with E-state index in [2.05, 4.69) is 12.2 Å². The van der Waals surface area contributed by atoms with Gasteiger partial charge in [-0.05, 0) is 60.6 Å². The van der Waals surface area contributed by atoms with Crippen molar-refractivity contribution in [3.8, 4) is 11.5 Å². The number of nitrogens with one attached hydrogen (secondary N) is 1. The van der Waals surface area contributed by atoms with Crippen molar-refractivity contribution in [3.63, 3.8) is 0 Å². The van der Waals surface area contributed by atoms with Crippen LogP contribution in [-0.2, 0) is 11.3 Å². The number of carbonyl (C=O) groups excluding carboxylic acids is 1. The molecule has 1 amide bonds. The Kier molecular flexibility index (Phi) is 7.18. The third kappa shape index (κ3) is 4.41. The van der Waals surface area contributed by atoms with Crippen LogP contribution in [-0.4, -0.2) is 54.3 Å². The lowest BCUT2D eigenvalue weighted by molar-refractivity contribution is -0.185. The molecule has 1 aromatic carbocycles. The number of hydrogen-bond donors (Lipinski definition) is 4. The highest BCUT2D eigenvalue weighted by atomic mass is 16.5. The van der Waals surface area contributed by atoms with Crippen molar-refractivity contribution in [2.75, 3.05) is 20.8 Å². The molecule has 7 heteroatoms. The number of methoxy groups -OCH3 is 2. The second-order valence-electron chi connectivity index (χ2n) is 9.70. The zero-order valence-corrected chi connectivity index (χ0v) is 19.1. The van der Waals surface area contributed by atoms with Crippen LogP contribution < -0.4 is 14.8 Å². The van der Waals surface area contributed by atoms with Crippen molar-refractivity contribution in [2.24, 2.45) is 22.7 Å². The van der Waals surface area contributed by atoms with Gasteiger partial charge in [-0.3, -0.25) is 4.79 Å². The van der Waals surface area contributed by atoms with Crippen LogP contribution in [0.1, 0.15) is 51.5 Å². The number of hydrogen-bond acceptors (Lipinski definition) is 6. The van der Waals surface area contributed by atoms with E-state index in [9.17, 15) is 20.1 Å². The Morgan fingerprint density at radius 1 is 1.13 bits per heavy atom. The fourth-order valence-electron chi connectivity index (χ4n) is 6.07. The smallest absolute Gasteiger partial charge is 0.220 e. The van der Waals surface area contributed by atoms with Crippen LogP contribution in [0.15, 0.2) is 18.2 Å². The van der Waals surface area contributed by atoms with Crippen LogP contribution in [0.25, 0.3) is 0 Å². The summed E-state index contributed by atoms with van der Waals surface area (Å²) < 4.78 is 10.6. The molecule has 2 aliphatic carbocycles. The van der Waals surface area contributed by atoms with Crippen molar-refractivity contribution in [1.29, 1.82) is 0 Å². The Hall–Kier alpha value is -1.83. The van der Waals surface area contributed by atoms with Crippen molar-refractivity contribution >= 4 is 5.91 Å². The predicted octanol–water partition coefficient (Wildman–Crippen LogP) is 2.26. The van der Waals surface area contributed by atoms with Crippen LogP contribution in [0.2, 0.25) is 0 Å². The van der Waals surface area contributed by atoms with E-state index in [-0.39, 0.29) is 36.2 Å². The first-order chi connectivity index (χ1) is 14.7. The van der Waals surface area contributed by atoms with Crippen LogP contribution in [0.4, 0.5) is 0 Å². The summed E-state index contributed by atoms with van der Waals surface area (Å²) in [6, 6.07) is 5.52. The molecule has 2 fully saturated rings. The van der Waals surface area contributed by atoms with Gasteiger partial charge in [-0.25, -0.2) is 0 Å². The molecule has 1 unspecified atom stereocenters. The number of rotatable bonds is 7. The summed E-state index contributed by atoms with van der Waals surface area (Å²) in [5.41, 5.74) is -0.0238. The van der Waals surface area contributed by atoms with Gasteiger partial charge in [-0.15, -0.1) is 0 Å². The van der Waals surface area contributed by atoms with Gasteiger partial charge in [0.1, 0.15) is 0 Å². The number of aliphatic hydroxyl groups excluding tert-OH is 3. The monoisotopic (exact) mass is 435 g/mol. The minimum absolute atomic E-state index is 0.0563. The van der Waals surface area contributed by atoms with Crippen molar-refractivity contribution in [3.05, 3.63) is 23.8 Å². The minimum atomic E-state index is -0.610. The molecule has 4 N–H and O–H groups in total. The minimum Gasteiger partial charge on any atom is -0.493 e. The van der Waals surface area contributed by atoms with Crippen LogP contribution in [0, 0.1) is 22.7 Å². The molecule has 0 radical (unpaired) electrons. The molecule has 0 bridgehead atoms. The molecule has 0 aliphatic heterocycles. The summed E-state index contributed by atoms with van der Waals surface area (Å²) in [6.07, 6.45) is 1.72. The van der Waals surface area contributed by atoms with Gasteiger partial charge in [-0.2, -0.15) is 0 Å². The third-order valence-electron chi connectivity index (χ3n) is 8.06. The van der Waals surface area contributed by atoms with Gasteiger partial charge in [-0.1, -0.05) is 19.9 Å². The average Bonchev–Trinajstić information content (AvgIpc) is 2.77. The van der Waals surface area contributed by atoms with Gasteiger partial charge in [0.25, 0.3) is 0 Å². The number of amides is 1. The van der Waals surface area contributed by atoms with Crippen molar-refractivity contribution in [1.82, 2.24) is 5.32 Å². The van der Waals surface area contributed by atoms with Gasteiger partial charge >= 0.3 is 0 Å². The molecule has 0 spiro atoms. The zero-order valence-electron chi connectivity index (χ0n) is 19.1. The number of fused-ring (bicyclic) bond motifs is 1. The molecule has 174 valence electrons. The maximum Gasteiger partial charge on any atom is 0.220 e. The molecule has 2 saturated carbocycles. The van der Waals surface area contributed by atoms with E-state index < -0.39 is 17.6 Å². The Balaban J connectivity index is 1.70. The highest BCUT2D eigenvalue weighted by Gasteiger charge is 2.58. The van der Waals surface area contributed by atoms with E-state index in [1.807, 2.05) is 19.1 Å². The third-order valence-corrected chi connectivity index (χ3v) is 8.06. The summed E-state index contributed by atoms with van der Waals surface area (Å²) in [5.74, 6) is 0.970. The SMILES string of the molecule is COc1ccc(CNC(=O)C[C@@H]2[C@H](O)CCC3[C@](C)(CO)[C@H](O)CC[C@]32C)cc1OC. The normalized spacial score (nSPS) is 35.2. The molecule has 0 aromatic heterocycles. The highest BCUT2D eigenvalue weighted by molar-refractivity contribution is 5.76. The van der Waals surface area contributed by atoms with Gasteiger partial charge in [0.15, 0.2) is 11.5 Å². The lowest BCUT2D eigenvalue weighted by Gasteiger charge is -2.60. The summed E-state index contributed by atoms with van der Waals surface area (Å²) >= 11 is 0. The fraction of sp³-hybridized carbons (Fsp3) is 0.708. The molecule has 6 atom stereocenters. The van der Waals surface area contributed by atoms with Gasteiger partial charge in [0.05, 0.1) is 33.0 Å². The van der Waals surface area contributed by atoms with E-state index in [1.165, 1.54) is 0 Å². The van der Waals surface area contributed by atoms with Crippen LogP contribution >= 0.6 is 0 Å². The largest absolute Gasteiger partial charge is 0.493 e. The molecule has 1 aromatic rings. The van der Waals surface area contributed by atoms with Crippen molar-refractivity contribution < 1.29 is 29.6 Å². The number of ether oxygens (including phenoxy) is 2. The Labute approximate surface area is 184 Å².